The van der Waals surface area contributed by atoms with Crippen molar-refractivity contribution in [1.82, 2.24) is 14.8 Å². The third-order valence-corrected chi connectivity index (χ3v) is 4.30. The Kier molecular flexibility index (Phi) is 3.43. The third-order valence-electron chi connectivity index (χ3n) is 4.30. The minimum atomic E-state index is -0.996. The molecule has 0 radical (unpaired) electrons. The average Bonchev–Trinajstić information content (AvgIpc) is 2.98. The molecule has 2 aromatic heterocycles. The van der Waals surface area contributed by atoms with Crippen molar-refractivity contribution in [2.75, 3.05) is 5.32 Å². The molecule has 1 aromatic carbocycles. The van der Waals surface area contributed by atoms with Gasteiger partial charge in [-0.1, -0.05) is 24.3 Å². The van der Waals surface area contributed by atoms with Crippen LogP contribution in [0.1, 0.15) is 17.0 Å². The number of para-hydroxylation sites is 1. The van der Waals surface area contributed by atoms with E-state index in [0.717, 1.165) is 0 Å². The molecular formula is C18H13N5O2. The number of nitriles is 1. The summed E-state index contributed by atoms with van der Waals surface area (Å²) in [5, 5.41) is 15.1. The number of pyridine rings is 1. The van der Waals surface area contributed by atoms with Crippen LogP contribution in [0, 0.1) is 17.2 Å². The Morgan fingerprint density at radius 1 is 1.12 bits per heavy atom. The lowest BCUT2D eigenvalue weighted by atomic mass is 9.80. The Morgan fingerprint density at radius 3 is 2.60 bits per heavy atom. The van der Waals surface area contributed by atoms with Crippen LogP contribution in [0.15, 0.2) is 59.7 Å². The van der Waals surface area contributed by atoms with Crippen LogP contribution in [-0.2, 0) is 4.79 Å². The van der Waals surface area contributed by atoms with E-state index in [4.69, 9.17) is 0 Å². The first kappa shape index (κ1) is 14.9. The topological polar surface area (TPSA) is 104 Å². The molecule has 2 N–H and O–H groups in total. The predicted molar refractivity (Wildman–Crippen MR) is 90.2 cm³/mol. The number of anilines is 1. The molecule has 0 bridgehead atoms. The van der Waals surface area contributed by atoms with Crippen molar-refractivity contribution >= 4 is 11.7 Å². The normalized spacial score (nSPS) is 18.9. The number of hydrogen-bond acceptors (Lipinski definition) is 4. The number of benzene rings is 1. The Balaban J connectivity index is 1.95. The van der Waals surface area contributed by atoms with E-state index in [0.29, 0.717) is 22.6 Å². The van der Waals surface area contributed by atoms with Gasteiger partial charge in [-0.05, 0) is 23.8 Å². The summed E-state index contributed by atoms with van der Waals surface area (Å²) in [5.41, 5.74) is 1.37. The number of carbonyl (C=O) groups excluding carboxylic acids is 1. The molecule has 1 aliphatic rings. The average molecular weight is 331 g/mol. The quantitative estimate of drug-likeness (QED) is 0.747. The predicted octanol–water partition coefficient (Wildman–Crippen LogP) is 1.78. The zero-order chi connectivity index (χ0) is 17.4. The van der Waals surface area contributed by atoms with E-state index in [1.54, 1.807) is 36.7 Å². The minimum Gasteiger partial charge on any atom is -0.310 e. The molecular weight excluding hydrogens is 318 g/mol. The van der Waals surface area contributed by atoms with Gasteiger partial charge in [0.2, 0.25) is 5.91 Å². The number of H-pyrrole nitrogens is 1. The van der Waals surface area contributed by atoms with Crippen molar-refractivity contribution in [3.63, 3.8) is 0 Å². The maximum atomic E-state index is 13.0. The smallest absolute Gasteiger partial charge is 0.277 e. The van der Waals surface area contributed by atoms with Gasteiger partial charge in [0.1, 0.15) is 11.7 Å². The molecule has 0 aliphatic carbocycles. The van der Waals surface area contributed by atoms with Gasteiger partial charge in [0, 0.05) is 18.3 Å². The van der Waals surface area contributed by atoms with E-state index in [1.807, 2.05) is 24.3 Å². The van der Waals surface area contributed by atoms with Crippen LogP contribution in [0.25, 0.3) is 5.69 Å². The van der Waals surface area contributed by atoms with E-state index >= 15 is 0 Å². The highest BCUT2D eigenvalue weighted by Gasteiger charge is 2.41. The van der Waals surface area contributed by atoms with E-state index in [-0.39, 0.29) is 5.56 Å². The number of aromatic amines is 1. The maximum Gasteiger partial charge on any atom is 0.277 e. The van der Waals surface area contributed by atoms with Gasteiger partial charge >= 0.3 is 0 Å². The summed E-state index contributed by atoms with van der Waals surface area (Å²) in [6, 6.07) is 14.6. The van der Waals surface area contributed by atoms with Gasteiger partial charge in [-0.2, -0.15) is 5.26 Å². The summed E-state index contributed by atoms with van der Waals surface area (Å²) in [6.45, 7) is 0. The van der Waals surface area contributed by atoms with Crippen LogP contribution in [0.5, 0.6) is 0 Å². The number of nitrogens with one attached hydrogen (secondary N) is 2. The van der Waals surface area contributed by atoms with Crippen molar-refractivity contribution in [2.45, 2.75) is 5.92 Å². The van der Waals surface area contributed by atoms with Gasteiger partial charge < -0.3 is 5.32 Å². The second-order valence-corrected chi connectivity index (χ2v) is 5.74. The summed E-state index contributed by atoms with van der Waals surface area (Å²) in [5.74, 6) is -1.79. The number of nitrogens with zero attached hydrogens (tertiary/aromatic N) is 3. The van der Waals surface area contributed by atoms with Crippen molar-refractivity contribution in [2.24, 2.45) is 5.92 Å². The van der Waals surface area contributed by atoms with Crippen LogP contribution in [-0.4, -0.2) is 20.7 Å². The van der Waals surface area contributed by atoms with E-state index in [9.17, 15) is 14.9 Å². The van der Waals surface area contributed by atoms with Gasteiger partial charge in [0.15, 0.2) is 0 Å². The first-order valence-electron chi connectivity index (χ1n) is 7.71. The summed E-state index contributed by atoms with van der Waals surface area (Å²) >= 11 is 0. The van der Waals surface area contributed by atoms with Gasteiger partial charge in [-0.3, -0.25) is 19.7 Å². The molecule has 7 nitrogen and oxygen atoms in total. The molecule has 4 rings (SSSR count). The van der Waals surface area contributed by atoms with Gasteiger partial charge in [-0.15, -0.1) is 0 Å². The molecule has 0 unspecified atom stereocenters. The van der Waals surface area contributed by atoms with E-state index < -0.39 is 17.7 Å². The fraction of sp³-hybridized carbons (Fsp3) is 0.111. The number of fused-ring (bicyclic) bond motifs is 1. The van der Waals surface area contributed by atoms with Crippen LogP contribution in [0.3, 0.4) is 0 Å². The van der Waals surface area contributed by atoms with Crippen molar-refractivity contribution in [1.29, 1.82) is 5.26 Å². The molecule has 0 saturated heterocycles. The Bertz CT molecular complexity index is 1030. The Morgan fingerprint density at radius 2 is 1.92 bits per heavy atom. The van der Waals surface area contributed by atoms with Crippen LogP contribution in [0.4, 0.5) is 5.82 Å². The van der Waals surface area contributed by atoms with Gasteiger partial charge in [-0.25, -0.2) is 4.68 Å². The zero-order valence-electron chi connectivity index (χ0n) is 13.0. The highest BCUT2D eigenvalue weighted by Crippen LogP contribution is 2.37. The number of amides is 1. The van der Waals surface area contributed by atoms with Crippen molar-refractivity contribution < 1.29 is 4.79 Å². The lowest BCUT2D eigenvalue weighted by molar-refractivity contribution is -0.119. The van der Waals surface area contributed by atoms with Crippen LogP contribution >= 0.6 is 0 Å². The second kappa shape index (κ2) is 5.76. The molecule has 0 fully saturated rings. The minimum absolute atomic E-state index is 0.296. The molecule has 2 atom stereocenters. The highest BCUT2D eigenvalue weighted by molar-refractivity contribution is 5.97. The van der Waals surface area contributed by atoms with Crippen LogP contribution in [0.2, 0.25) is 0 Å². The molecule has 3 aromatic rings. The van der Waals surface area contributed by atoms with Crippen molar-refractivity contribution in [3.05, 3.63) is 76.3 Å². The standard InChI is InChI=1S/C18H13N5O2/c19-9-13-14(11-5-4-8-20-10-11)15-16(21-17(13)24)22-23(18(15)25)12-6-2-1-3-7-12/h1-8,10,13-14,22H,(H,21,24)/t13-,14+/m1/s1. The number of hydrogen-bond donors (Lipinski definition) is 2. The Labute approximate surface area is 142 Å². The first-order valence-corrected chi connectivity index (χ1v) is 7.71. The number of carbonyl (C=O) groups is 1. The molecule has 1 aliphatic heterocycles. The number of rotatable bonds is 2. The van der Waals surface area contributed by atoms with E-state index in [2.05, 4.69) is 15.4 Å². The zero-order valence-corrected chi connectivity index (χ0v) is 13.0. The molecule has 3 heterocycles. The van der Waals surface area contributed by atoms with E-state index in [1.165, 1.54) is 4.68 Å². The molecule has 1 amide bonds. The SMILES string of the molecule is N#C[C@H]1C(=O)Nc2[nH]n(-c3ccccc3)c(=O)c2[C@H]1c1cccnc1. The lowest BCUT2D eigenvalue weighted by Gasteiger charge is -2.25. The van der Waals surface area contributed by atoms with Gasteiger partial charge in [0.25, 0.3) is 5.56 Å². The summed E-state index contributed by atoms with van der Waals surface area (Å²) in [7, 11) is 0. The number of aromatic nitrogens is 3. The van der Waals surface area contributed by atoms with Crippen molar-refractivity contribution in [3.8, 4) is 11.8 Å². The molecule has 0 spiro atoms. The summed E-state index contributed by atoms with van der Waals surface area (Å²) in [6.07, 6.45) is 3.19. The fourth-order valence-electron chi connectivity index (χ4n) is 3.16. The molecule has 122 valence electrons. The summed E-state index contributed by atoms with van der Waals surface area (Å²) in [4.78, 5) is 29.4. The Hall–Kier alpha value is -3.66. The monoisotopic (exact) mass is 331 g/mol. The fourth-order valence-corrected chi connectivity index (χ4v) is 3.16. The maximum absolute atomic E-state index is 13.0. The first-order chi connectivity index (χ1) is 12.2. The van der Waals surface area contributed by atoms with Crippen LogP contribution < -0.4 is 10.9 Å². The highest BCUT2D eigenvalue weighted by atomic mass is 16.2. The van der Waals surface area contributed by atoms with Gasteiger partial charge in [0.05, 0.1) is 17.3 Å². The third kappa shape index (κ3) is 2.32. The second-order valence-electron chi connectivity index (χ2n) is 5.74. The largest absolute Gasteiger partial charge is 0.310 e. The molecule has 25 heavy (non-hydrogen) atoms. The summed E-state index contributed by atoms with van der Waals surface area (Å²) < 4.78 is 1.37. The lowest BCUT2D eigenvalue weighted by Crippen LogP contribution is -2.35. The molecule has 0 saturated carbocycles. The molecule has 7 heteroatoms.